The largest absolute Gasteiger partial charge is 0.353 e. The second-order valence-electron chi connectivity index (χ2n) is 6.81. The molecule has 0 atom stereocenters. The Balaban J connectivity index is 1.52. The summed E-state index contributed by atoms with van der Waals surface area (Å²) in [6.07, 6.45) is 5.21. The summed E-state index contributed by atoms with van der Waals surface area (Å²) in [6.45, 7) is 0. The Hall–Kier alpha value is -3.91. The molecule has 8 heteroatoms. The molecule has 2 N–H and O–H groups in total. The normalized spacial score (nSPS) is 11.5. The Bertz CT molecular complexity index is 1520. The van der Waals surface area contributed by atoms with Crippen LogP contribution in [0.2, 0.25) is 0 Å². The molecule has 0 radical (unpaired) electrons. The lowest BCUT2D eigenvalue weighted by Crippen LogP contribution is -1.86. The van der Waals surface area contributed by atoms with Crippen LogP contribution >= 0.6 is 11.3 Å². The Kier molecular flexibility index (Phi) is 3.72. The van der Waals surface area contributed by atoms with E-state index in [1.165, 1.54) is 6.07 Å². The average molecular weight is 412 g/mol. The molecule has 0 saturated carbocycles. The summed E-state index contributed by atoms with van der Waals surface area (Å²) in [5.41, 5.74) is 6.65. The van der Waals surface area contributed by atoms with Crippen LogP contribution < -0.4 is 0 Å². The van der Waals surface area contributed by atoms with Gasteiger partial charge in [0.05, 0.1) is 27.5 Å². The third kappa shape index (κ3) is 2.69. The molecular formula is C22H13FN6S. The summed E-state index contributed by atoms with van der Waals surface area (Å²) in [7, 11) is 0. The minimum atomic E-state index is -0.231. The van der Waals surface area contributed by atoms with Gasteiger partial charge in [0.1, 0.15) is 11.2 Å². The predicted octanol–water partition coefficient (Wildman–Crippen LogP) is 5.43. The van der Waals surface area contributed by atoms with E-state index in [1.54, 1.807) is 24.7 Å². The fraction of sp³-hybridized carbons (Fsp3) is 0. The third-order valence-corrected chi connectivity index (χ3v) is 5.87. The van der Waals surface area contributed by atoms with Crippen molar-refractivity contribution in [1.82, 2.24) is 30.1 Å². The van der Waals surface area contributed by atoms with E-state index in [1.807, 2.05) is 36.4 Å². The molecule has 0 unspecified atom stereocenters. The van der Waals surface area contributed by atoms with Crippen LogP contribution in [-0.4, -0.2) is 30.1 Å². The van der Waals surface area contributed by atoms with Gasteiger partial charge in [-0.1, -0.05) is 0 Å². The quantitative estimate of drug-likeness (QED) is 0.406. The third-order valence-electron chi connectivity index (χ3n) is 4.99. The van der Waals surface area contributed by atoms with Crippen molar-refractivity contribution in [3.8, 4) is 33.2 Å². The first kappa shape index (κ1) is 17.0. The molecule has 0 aromatic carbocycles. The highest BCUT2D eigenvalue weighted by Gasteiger charge is 2.16. The molecular weight excluding hydrogens is 399 g/mol. The second-order valence-corrected chi connectivity index (χ2v) is 7.84. The molecule has 6 aromatic rings. The zero-order chi connectivity index (χ0) is 20.1. The van der Waals surface area contributed by atoms with Gasteiger partial charge in [0.2, 0.25) is 0 Å². The molecule has 6 heterocycles. The molecule has 0 aliphatic carbocycles. The topological polar surface area (TPSA) is 83.1 Å². The van der Waals surface area contributed by atoms with E-state index in [2.05, 4.69) is 25.1 Å². The highest BCUT2D eigenvalue weighted by Crippen LogP contribution is 2.35. The van der Waals surface area contributed by atoms with Crippen LogP contribution in [0.5, 0.6) is 0 Å². The number of hydrogen-bond acceptors (Lipinski definition) is 5. The van der Waals surface area contributed by atoms with E-state index in [4.69, 9.17) is 4.98 Å². The van der Waals surface area contributed by atoms with Gasteiger partial charge < -0.3 is 4.98 Å². The molecule has 0 bridgehead atoms. The van der Waals surface area contributed by atoms with Crippen LogP contribution in [0.1, 0.15) is 0 Å². The van der Waals surface area contributed by atoms with Crippen LogP contribution in [0.4, 0.5) is 4.39 Å². The zero-order valence-electron chi connectivity index (χ0n) is 15.4. The van der Waals surface area contributed by atoms with Gasteiger partial charge in [-0.2, -0.15) is 9.49 Å². The number of nitrogens with zero attached hydrogens (tertiary/aromatic N) is 4. The number of thiophene rings is 1. The van der Waals surface area contributed by atoms with E-state index < -0.39 is 0 Å². The number of halogens is 1. The smallest absolute Gasteiger partial charge is 0.177 e. The maximum Gasteiger partial charge on any atom is 0.177 e. The Morgan fingerprint density at radius 1 is 0.867 bits per heavy atom. The summed E-state index contributed by atoms with van der Waals surface area (Å²) in [6, 6.07) is 14.9. The fourth-order valence-electron chi connectivity index (χ4n) is 3.59. The van der Waals surface area contributed by atoms with E-state index in [9.17, 15) is 4.39 Å². The lowest BCUT2D eigenvalue weighted by atomic mass is 10.1. The molecule has 0 amide bonds. The van der Waals surface area contributed by atoms with Crippen LogP contribution in [0.25, 0.3) is 55.2 Å². The van der Waals surface area contributed by atoms with Crippen LogP contribution in [0.15, 0.2) is 67.1 Å². The highest BCUT2D eigenvalue weighted by atomic mass is 32.1. The molecule has 0 aliphatic heterocycles. The van der Waals surface area contributed by atoms with Crippen LogP contribution in [0, 0.1) is 5.13 Å². The molecule has 6 aromatic heterocycles. The lowest BCUT2D eigenvalue weighted by molar-refractivity contribution is 0.657. The maximum absolute atomic E-state index is 13.6. The monoisotopic (exact) mass is 412 g/mol. The predicted molar refractivity (Wildman–Crippen MR) is 115 cm³/mol. The number of nitrogens with one attached hydrogen (secondary N) is 2. The number of fused-ring (bicyclic) bond motifs is 2. The molecule has 30 heavy (non-hydrogen) atoms. The Morgan fingerprint density at radius 3 is 2.60 bits per heavy atom. The molecule has 6 rings (SSSR count). The summed E-state index contributed by atoms with van der Waals surface area (Å²) in [4.78, 5) is 17.6. The van der Waals surface area contributed by atoms with Gasteiger partial charge in [0, 0.05) is 35.1 Å². The van der Waals surface area contributed by atoms with Crippen molar-refractivity contribution in [3.05, 3.63) is 72.3 Å². The fourth-order valence-corrected chi connectivity index (χ4v) is 4.33. The van der Waals surface area contributed by atoms with Gasteiger partial charge in [-0.3, -0.25) is 15.1 Å². The summed E-state index contributed by atoms with van der Waals surface area (Å²) in [5, 5.41) is 8.23. The lowest BCUT2D eigenvalue weighted by Gasteiger charge is -2.00. The first-order valence-corrected chi connectivity index (χ1v) is 10.1. The molecule has 144 valence electrons. The molecule has 0 saturated heterocycles. The number of hydrogen-bond donors (Lipinski definition) is 2. The first-order chi connectivity index (χ1) is 14.8. The van der Waals surface area contributed by atoms with Crippen molar-refractivity contribution in [2.45, 2.75) is 0 Å². The van der Waals surface area contributed by atoms with Crippen molar-refractivity contribution >= 4 is 33.3 Å². The summed E-state index contributed by atoms with van der Waals surface area (Å²) >= 11 is 1.08. The van der Waals surface area contributed by atoms with Crippen molar-refractivity contribution in [2.75, 3.05) is 0 Å². The number of pyridine rings is 3. The van der Waals surface area contributed by atoms with Gasteiger partial charge in [0.15, 0.2) is 5.13 Å². The van der Waals surface area contributed by atoms with E-state index >= 15 is 0 Å². The number of H-pyrrole nitrogens is 2. The van der Waals surface area contributed by atoms with Crippen molar-refractivity contribution in [1.29, 1.82) is 0 Å². The van der Waals surface area contributed by atoms with E-state index in [0.717, 1.165) is 66.5 Å². The molecule has 6 nitrogen and oxygen atoms in total. The van der Waals surface area contributed by atoms with Gasteiger partial charge in [-0.05, 0) is 48.5 Å². The minimum Gasteiger partial charge on any atom is -0.353 e. The Labute approximate surface area is 173 Å². The number of rotatable bonds is 3. The standard InChI is InChI=1S/C22H13FN6S/c23-19-4-3-18(30-19)20-13-11-17(26-15(13)7-10-25-20)22-21-16(28-29-22)2-1-14(27-21)12-5-8-24-9-6-12/h1-11,26H,(H,28,29). The number of aromatic amines is 2. The Morgan fingerprint density at radius 2 is 1.77 bits per heavy atom. The summed E-state index contributed by atoms with van der Waals surface area (Å²) < 4.78 is 13.6. The molecule has 0 aliphatic rings. The van der Waals surface area contributed by atoms with Gasteiger partial charge in [0.25, 0.3) is 0 Å². The molecule has 0 spiro atoms. The van der Waals surface area contributed by atoms with Crippen molar-refractivity contribution in [2.24, 2.45) is 0 Å². The van der Waals surface area contributed by atoms with Gasteiger partial charge in [-0.25, -0.2) is 4.98 Å². The van der Waals surface area contributed by atoms with Crippen LogP contribution in [-0.2, 0) is 0 Å². The van der Waals surface area contributed by atoms with Gasteiger partial charge in [-0.15, -0.1) is 11.3 Å². The summed E-state index contributed by atoms with van der Waals surface area (Å²) in [5.74, 6) is 0. The molecule has 0 fully saturated rings. The average Bonchev–Trinajstić information content (AvgIpc) is 3.51. The zero-order valence-corrected chi connectivity index (χ0v) is 16.2. The number of aromatic nitrogens is 6. The van der Waals surface area contributed by atoms with Crippen LogP contribution in [0.3, 0.4) is 0 Å². The second kappa shape index (κ2) is 6.57. The SMILES string of the molecule is Fc1ccc(-c2nccc3[nH]c(-c4n[nH]c5ccc(-c6ccncc6)nc45)cc23)s1. The van der Waals surface area contributed by atoms with E-state index in [-0.39, 0.29) is 5.13 Å². The minimum absolute atomic E-state index is 0.231. The highest BCUT2D eigenvalue weighted by molar-refractivity contribution is 7.13. The first-order valence-electron chi connectivity index (χ1n) is 9.25. The van der Waals surface area contributed by atoms with Crippen molar-refractivity contribution in [3.63, 3.8) is 0 Å². The van der Waals surface area contributed by atoms with Crippen molar-refractivity contribution < 1.29 is 4.39 Å². The van der Waals surface area contributed by atoms with E-state index in [0.29, 0.717) is 0 Å². The maximum atomic E-state index is 13.6. The van der Waals surface area contributed by atoms with Gasteiger partial charge >= 0.3 is 0 Å².